The second-order valence-electron chi connectivity index (χ2n) is 3.04. The van der Waals surface area contributed by atoms with Crippen LogP contribution in [0.25, 0.3) is 0 Å². The van der Waals surface area contributed by atoms with E-state index in [-0.39, 0.29) is 6.04 Å². The summed E-state index contributed by atoms with van der Waals surface area (Å²) in [5, 5.41) is 16.8. The minimum Gasteiger partial charge on any atom is -0.302 e. The van der Waals surface area contributed by atoms with Crippen LogP contribution < -0.4 is 5.32 Å². The summed E-state index contributed by atoms with van der Waals surface area (Å²) in [7, 11) is 1.86. The number of aryl methyl sites for hydroxylation is 1. The van der Waals surface area contributed by atoms with Crippen molar-refractivity contribution in [2.45, 2.75) is 24.5 Å². The molecule has 82 valence electrons. The van der Waals surface area contributed by atoms with Crippen molar-refractivity contribution in [1.29, 1.82) is 5.26 Å². The molecule has 0 aliphatic rings. The van der Waals surface area contributed by atoms with E-state index >= 15 is 0 Å². The Balaban J connectivity index is 2.27. The molecule has 1 heterocycles. The third-order valence-electron chi connectivity index (χ3n) is 1.91. The Bertz CT molecular complexity index is 329. The smallest absolute Gasteiger partial charge is 0.185 e. The lowest BCUT2D eigenvalue weighted by molar-refractivity contribution is 0.611. The number of hydrogen-bond donors (Lipinski definition) is 1. The van der Waals surface area contributed by atoms with E-state index < -0.39 is 0 Å². The topological polar surface area (TPSA) is 66.5 Å². The molecule has 1 aromatic rings. The molecule has 1 N–H and O–H groups in total. The van der Waals surface area contributed by atoms with Gasteiger partial charge < -0.3 is 5.32 Å². The zero-order valence-corrected chi connectivity index (χ0v) is 9.79. The zero-order chi connectivity index (χ0) is 11.1. The van der Waals surface area contributed by atoms with E-state index in [2.05, 4.69) is 21.5 Å². The summed E-state index contributed by atoms with van der Waals surface area (Å²) in [6, 6.07) is 2.17. The van der Waals surface area contributed by atoms with Crippen molar-refractivity contribution in [1.82, 2.24) is 20.1 Å². The Morgan fingerprint density at radius 2 is 2.53 bits per heavy atom. The first-order valence-electron chi connectivity index (χ1n) is 4.87. The maximum absolute atomic E-state index is 8.81. The number of hydrogen-bond acceptors (Lipinski definition) is 5. The first-order valence-corrected chi connectivity index (χ1v) is 5.86. The van der Waals surface area contributed by atoms with Crippen LogP contribution in [0.15, 0.2) is 11.5 Å². The van der Waals surface area contributed by atoms with Crippen LogP contribution in [0.2, 0.25) is 0 Å². The number of nitrogens with one attached hydrogen (secondary N) is 1. The minimum absolute atomic E-state index is 0.0595. The van der Waals surface area contributed by atoms with E-state index in [9.17, 15) is 0 Å². The van der Waals surface area contributed by atoms with Gasteiger partial charge in [0.05, 0.1) is 12.1 Å². The van der Waals surface area contributed by atoms with Crippen LogP contribution in [0, 0.1) is 11.3 Å². The summed E-state index contributed by atoms with van der Waals surface area (Å²) in [5.41, 5.74) is 0. The highest BCUT2D eigenvalue weighted by molar-refractivity contribution is 7.99. The van der Waals surface area contributed by atoms with Gasteiger partial charge in [-0.3, -0.25) is 0 Å². The quantitative estimate of drug-likeness (QED) is 0.725. The van der Waals surface area contributed by atoms with Crippen LogP contribution in [-0.2, 0) is 7.05 Å². The molecular formula is C9H15N5S. The molecule has 0 aliphatic heterocycles. The lowest BCUT2D eigenvalue weighted by Crippen LogP contribution is -2.27. The lowest BCUT2D eigenvalue weighted by Gasteiger charge is -2.08. The van der Waals surface area contributed by atoms with E-state index in [1.807, 2.05) is 14.0 Å². The Kier molecular flexibility index (Phi) is 5.15. The van der Waals surface area contributed by atoms with Crippen LogP contribution in [-0.4, -0.2) is 33.1 Å². The summed E-state index contributed by atoms with van der Waals surface area (Å²) in [4.78, 5) is 4.10. The highest BCUT2D eigenvalue weighted by Gasteiger charge is 2.06. The molecule has 0 bridgehead atoms. The van der Waals surface area contributed by atoms with Gasteiger partial charge >= 0.3 is 0 Å². The van der Waals surface area contributed by atoms with Gasteiger partial charge in [-0.25, -0.2) is 9.67 Å². The van der Waals surface area contributed by atoms with Gasteiger partial charge in [-0.05, 0) is 13.0 Å². The molecule has 5 nitrogen and oxygen atoms in total. The maximum atomic E-state index is 8.81. The van der Waals surface area contributed by atoms with Gasteiger partial charge in [0.15, 0.2) is 5.16 Å². The first kappa shape index (κ1) is 12.0. The van der Waals surface area contributed by atoms with Crippen molar-refractivity contribution in [3.05, 3.63) is 6.33 Å². The highest BCUT2D eigenvalue weighted by Crippen LogP contribution is 2.14. The summed E-state index contributed by atoms with van der Waals surface area (Å²) >= 11 is 1.62. The average molecular weight is 225 g/mol. The van der Waals surface area contributed by atoms with E-state index in [0.29, 0.717) is 0 Å². The molecule has 6 heteroatoms. The van der Waals surface area contributed by atoms with Gasteiger partial charge in [-0.2, -0.15) is 10.4 Å². The molecule has 1 rings (SSSR count). The molecule has 15 heavy (non-hydrogen) atoms. The SMILES string of the molecule is CCNC(C#N)CCSc1ncnn1C. The summed E-state index contributed by atoms with van der Waals surface area (Å²) in [5.74, 6) is 0.873. The maximum Gasteiger partial charge on any atom is 0.185 e. The molecule has 1 aromatic heterocycles. The van der Waals surface area contributed by atoms with Crippen LogP contribution in [0.5, 0.6) is 0 Å². The fourth-order valence-corrected chi connectivity index (χ4v) is 2.03. The fraction of sp³-hybridized carbons (Fsp3) is 0.667. The third kappa shape index (κ3) is 3.90. The van der Waals surface area contributed by atoms with Crippen molar-refractivity contribution in [3.8, 4) is 6.07 Å². The van der Waals surface area contributed by atoms with E-state index in [1.165, 1.54) is 6.33 Å². The predicted molar refractivity (Wildman–Crippen MR) is 59.4 cm³/mol. The summed E-state index contributed by atoms with van der Waals surface area (Å²) in [6.07, 6.45) is 2.36. The number of nitrogens with zero attached hydrogens (tertiary/aromatic N) is 4. The van der Waals surface area contributed by atoms with Gasteiger partial charge in [-0.15, -0.1) is 0 Å². The Morgan fingerprint density at radius 3 is 3.07 bits per heavy atom. The molecule has 0 aliphatic carbocycles. The Morgan fingerprint density at radius 1 is 1.73 bits per heavy atom. The van der Waals surface area contributed by atoms with Crippen molar-refractivity contribution < 1.29 is 0 Å². The van der Waals surface area contributed by atoms with Crippen molar-refractivity contribution >= 4 is 11.8 Å². The average Bonchev–Trinajstić information content (AvgIpc) is 2.63. The highest BCUT2D eigenvalue weighted by atomic mass is 32.2. The van der Waals surface area contributed by atoms with Crippen molar-refractivity contribution in [2.24, 2.45) is 7.05 Å². The minimum atomic E-state index is -0.0595. The summed E-state index contributed by atoms with van der Waals surface area (Å²) < 4.78 is 1.74. The molecule has 0 amide bonds. The zero-order valence-electron chi connectivity index (χ0n) is 8.97. The lowest BCUT2D eigenvalue weighted by atomic mass is 10.2. The van der Waals surface area contributed by atoms with Gasteiger partial charge in [0, 0.05) is 12.8 Å². The largest absolute Gasteiger partial charge is 0.302 e. The number of aromatic nitrogens is 3. The fourth-order valence-electron chi connectivity index (χ4n) is 1.14. The van der Waals surface area contributed by atoms with E-state index in [4.69, 9.17) is 5.26 Å². The number of rotatable bonds is 6. The van der Waals surface area contributed by atoms with E-state index in [1.54, 1.807) is 16.4 Å². The molecule has 1 atom stereocenters. The van der Waals surface area contributed by atoms with Crippen molar-refractivity contribution in [3.63, 3.8) is 0 Å². The summed E-state index contributed by atoms with van der Waals surface area (Å²) in [6.45, 7) is 2.83. The Labute approximate surface area is 93.9 Å². The molecule has 0 fully saturated rings. The van der Waals surface area contributed by atoms with Crippen LogP contribution in [0.4, 0.5) is 0 Å². The molecule has 0 saturated heterocycles. The van der Waals surface area contributed by atoms with Gasteiger partial charge in [-0.1, -0.05) is 18.7 Å². The molecule has 0 spiro atoms. The van der Waals surface area contributed by atoms with Crippen molar-refractivity contribution in [2.75, 3.05) is 12.3 Å². The van der Waals surface area contributed by atoms with E-state index in [0.717, 1.165) is 23.9 Å². The Hall–Kier alpha value is -1.06. The monoisotopic (exact) mass is 225 g/mol. The van der Waals surface area contributed by atoms with Crippen LogP contribution >= 0.6 is 11.8 Å². The molecule has 0 radical (unpaired) electrons. The number of thioether (sulfide) groups is 1. The predicted octanol–water partition coefficient (Wildman–Crippen LogP) is 0.799. The second kappa shape index (κ2) is 6.43. The van der Waals surface area contributed by atoms with Gasteiger partial charge in [0.25, 0.3) is 0 Å². The van der Waals surface area contributed by atoms with Gasteiger partial charge in [0.2, 0.25) is 0 Å². The third-order valence-corrected chi connectivity index (χ3v) is 2.98. The van der Waals surface area contributed by atoms with Crippen LogP contribution in [0.1, 0.15) is 13.3 Å². The van der Waals surface area contributed by atoms with Crippen LogP contribution in [0.3, 0.4) is 0 Å². The number of nitriles is 1. The molecule has 0 aromatic carbocycles. The van der Waals surface area contributed by atoms with Gasteiger partial charge in [0.1, 0.15) is 6.33 Å². The molecule has 0 saturated carbocycles. The molecule has 1 unspecified atom stereocenters. The molecular weight excluding hydrogens is 210 g/mol. The standard InChI is InChI=1S/C9H15N5S/c1-3-11-8(6-10)4-5-15-9-12-7-13-14(9)2/h7-8,11H,3-5H2,1-2H3. The first-order chi connectivity index (χ1) is 7.27. The normalized spacial score (nSPS) is 12.3. The second-order valence-corrected chi connectivity index (χ2v) is 4.10.